The largest absolute Gasteiger partial charge is 0.395 e. The molecule has 1 atom stereocenters. The number of rotatable bonds is 4. The lowest BCUT2D eigenvalue weighted by Gasteiger charge is -2.23. The van der Waals surface area contributed by atoms with Crippen LogP contribution in [0.2, 0.25) is 0 Å². The number of hydrogen-bond donors (Lipinski definition) is 2. The highest BCUT2D eigenvalue weighted by Crippen LogP contribution is 2.21. The van der Waals surface area contributed by atoms with E-state index in [2.05, 4.69) is 23.1 Å². The van der Waals surface area contributed by atoms with E-state index in [4.69, 9.17) is 5.73 Å². The lowest BCUT2D eigenvalue weighted by atomic mass is 10.1. The molecule has 0 bridgehead atoms. The molecule has 3 N–H and O–H groups in total. The van der Waals surface area contributed by atoms with Gasteiger partial charge in [0.05, 0.1) is 6.61 Å². The SMILES string of the molecule is NCc1ccccc1CN1CCCC1CO. The van der Waals surface area contributed by atoms with E-state index in [0.29, 0.717) is 12.6 Å². The van der Waals surface area contributed by atoms with Crippen molar-refractivity contribution < 1.29 is 5.11 Å². The molecule has 0 aromatic heterocycles. The van der Waals surface area contributed by atoms with Crippen molar-refractivity contribution in [1.82, 2.24) is 4.90 Å². The first kappa shape index (κ1) is 11.6. The minimum absolute atomic E-state index is 0.269. The highest BCUT2D eigenvalue weighted by molar-refractivity contribution is 5.26. The van der Waals surface area contributed by atoms with Gasteiger partial charge in [-0.05, 0) is 30.5 Å². The minimum Gasteiger partial charge on any atom is -0.395 e. The summed E-state index contributed by atoms with van der Waals surface area (Å²) in [5.74, 6) is 0. The van der Waals surface area contributed by atoms with Gasteiger partial charge in [-0.1, -0.05) is 24.3 Å². The zero-order valence-electron chi connectivity index (χ0n) is 9.60. The van der Waals surface area contributed by atoms with Crippen LogP contribution in [0.5, 0.6) is 0 Å². The molecule has 0 spiro atoms. The Bertz CT molecular complexity index is 340. The van der Waals surface area contributed by atoms with Crippen LogP contribution < -0.4 is 5.73 Å². The average Bonchev–Trinajstić information content (AvgIpc) is 2.77. The topological polar surface area (TPSA) is 49.5 Å². The predicted octanol–water partition coefficient (Wildman–Crippen LogP) is 1.10. The molecule has 1 heterocycles. The molecule has 16 heavy (non-hydrogen) atoms. The maximum absolute atomic E-state index is 9.27. The number of aliphatic hydroxyl groups is 1. The van der Waals surface area contributed by atoms with E-state index in [0.717, 1.165) is 19.5 Å². The summed E-state index contributed by atoms with van der Waals surface area (Å²) in [5.41, 5.74) is 8.23. The van der Waals surface area contributed by atoms with Crippen molar-refractivity contribution in [3.63, 3.8) is 0 Å². The molecule has 1 unspecified atom stereocenters. The number of benzene rings is 1. The number of hydrogen-bond acceptors (Lipinski definition) is 3. The number of nitrogens with zero attached hydrogens (tertiary/aromatic N) is 1. The standard InChI is InChI=1S/C13H20N2O/c14-8-11-4-1-2-5-12(11)9-15-7-3-6-13(15)10-16/h1-2,4-5,13,16H,3,6-10,14H2. The number of nitrogens with two attached hydrogens (primary N) is 1. The second-order valence-corrected chi connectivity index (χ2v) is 4.42. The first-order valence-corrected chi connectivity index (χ1v) is 5.97. The van der Waals surface area contributed by atoms with Crippen molar-refractivity contribution in [3.05, 3.63) is 35.4 Å². The highest BCUT2D eigenvalue weighted by atomic mass is 16.3. The van der Waals surface area contributed by atoms with Crippen molar-refractivity contribution in [2.75, 3.05) is 13.2 Å². The van der Waals surface area contributed by atoms with Gasteiger partial charge in [0.2, 0.25) is 0 Å². The van der Waals surface area contributed by atoms with Crippen molar-refractivity contribution in [2.24, 2.45) is 5.73 Å². The van der Waals surface area contributed by atoms with Crippen LogP contribution in [0.3, 0.4) is 0 Å². The van der Waals surface area contributed by atoms with Gasteiger partial charge in [-0.15, -0.1) is 0 Å². The smallest absolute Gasteiger partial charge is 0.0587 e. The van der Waals surface area contributed by atoms with Gasteiger partial charge in [0.25, 0.3) is 0 Å². The molecule has 1 aliphatic heterocycles. The second-order valence-electron chi connectivity index (χ2n) is 4.42. The molecule has 0 radical (unpaired) electrons. The third-order valence-electron chi connectivity index (χ3n) is 3.42. The lowest BCUT2D eigenvalue weighted by molar-refractivity contribution is 0.153. The summed E-state index contributed by atoms with van der Waals surface area (Å²) in [7, 11) is 0. The van der Waals surface area contributed by atoms with Gasteiger partial charge in [-0.2, -0.15) is 0 Å². The van der Waals surface area contributed by atoms with Crippen molar-refractivity contribution in [2.45, 2.75) is 32.0 Å². The second kappa shape index (κ2) is 5.43. The van der Waals surface area contributed by atoms with E-state index < -0.39 is 0 Å². The molecule has 3 heteroatoms. The van der Waals surface area contributed by atoms with E-state index in [1.807, 2.05) is 6.07 Å². The third-order valence-corrected chi connectivity index (χ3v) is 3.42. The molecule has 88 valence electrons. The summed E-state index contributed by atoms with van der Waals surface area (Å²) in [4.78, 5) is 2.36. The Morgan fingerprint density at radius 3 is 2.75 bits per heavy atom. The molecule has 1 aliphatic rings. The quantitative estimate of drug-likeness (QED) is 0.799. The molecule has 1 saturated heterocycles. The summed E-state index contributed by atoms with van der Waals surface area (Å²) in [6.45, 7) is 2.86. The van der Waals surface area contributed by atoms with Crippen LogP contribution in [-0.4, -0.2) is 29.2 Å². The Labute approximate surface area is 96.9 Å². The van der Waals surface area contributed by atoms with Gasteiger partial charge in [0, 0.05) is 19.1 Å². The molecule has 1 aromatic rings. The van der Waals surface area contributed by atoms with E-state index in [-0.39, 0.29) is 6.61 Å². The van der Waals surface area contributed by atoms with Gasteiger partial charge in [0.1, 0.15) is 0 Å². The lowest BCUT2D eigenvalue weighted by Crippen LogP contribution is -2.32. The first-order valence-electron chi connectivity index (χ1n) is 5.97. The van der Waals surface area contributed by atoms with Crippen molar-refractivity contribution in [1.29, 1.82) is 0 Å². The summed E-state index contributed by atoms with van der Waals surface area (Å²) >= 11 is 0. The van der Waals surface area contributed by atoms with E-state index >= 15 is 0 Å². The fourth-order valence-electron chi connectivity index (χ4n) is 2.44. The molecule has 0 amide bonds. The Morgan fingerprint density at radius 1 is 1.31 bits per heavy atom. The van der Waals surface area contributed by atoms with Crippen LogP contribution in [0, 0.1) is 0 Å². The average molecular weight is 220 g/mol. The fourth-order valence-corrected chi connectivity index (χ4v) is 2.44. The van der Waals surface area contributed by atoms with Crippen LogP contribution in [0.1, 0.15) is 24.0 Å². The predicted molar refractivity (Wildman–Crippen MR) is 64.9 cm³/mol. The molecule has 0 aliphatic carbocycles. The van der Waals surface area contributed by atoms with Gasteiger partial charge in [-0.3, -0.25) is 4.90 Å². The minimum atomic E-state index is 0.269. The Morgan fingerprint density at radius 2 is 2.06 bits per heavy atom. The monoisotopic (exact) mass is 220 g/mol. The summed E-state index contributed by atoms with van der Waals surface area (Å²) in [6.07, 6.45) is 2.30. The van der Waals surface area contributed by atoms with Crippen molar-refractivity contribution >= 4 is 0 Å². The van der Waals surface area contributed by atoms with Crippen LogP contribution in [-0.2, 0) is 13.1 Å². The van der Waals surface area contributed by atoms with Crippen molar-refractivity contribution in [3.8, 4) is 0 Å². The maximum atomic E-state index is 9.27. The zero-order chi connectivity index (χ0) is 11.4. The van der Waals surface area contributed by atoms with Gasteiger partial charge in [-0.25, -0.2) is 0 Å². The molecular formula is C13H20N2O. The normalized spacial score (nSPS) is 21.5. The molecular weight excluding hydrogens is 200 g/mol. The Hall–Kier alpha value is -0.900. The Kier molecular flexibility index (Phi) is 3.93. The fraction of sp³-hybridized carbons (Fsp3) is 0.538. The van der Waals surface area contributed by atoms with Crippen LogP contribution in [0.15, 0.2) is 24.3 Å². The van der Waals surface area contributed by atoms with Gasteiger partial charge < -0.3 is 10.8 Å². The number of aliphatic hydroxyl groups excluding tert-OH is 1. The third kappa shape index (κ3) is 2.43. The van der Waals surface area contributed by atoms with Crippen LogP contribution >= 0.6 is 0 Å². The zero-order valence-corrected chi connectivity index (χ0v) is 9.60. The van der Waals surface area contributed by atoms with E-state index in [1.165, 1.54) is 17.5 Å². The molecule has 0 saturated carbocycles. The molecule has 1 fully saturated rings. The first-order chi connectivity index (χ1) is 7.85. The van der Waals surface area contributed by atoms with Crippen LogP contribution in [0.25, 0.3) is 0 Å². The van der Waals surface area contributed by atoms with Crippen LogP contribution in [0.4, 0.5) is 0 Å². The molecule has 3 nitrogen and oxygen atoms in total. The summed E-state index contributed by atoms with van der Waals surface area (Å²) in [5, 5.41) is 9.27. The Balaban J connectivity index is 2.08. The van der Waals surface area contributed by atoms with Gasteiger partial charge in [0.15, 0.2) is 0 Å². The molecule has 2 rings (SSSR count). The summed E-state index contributed by atoms with van der Waals surface area (Å²) in [6, 6.07) is 8.64. The maximum Gasteiger partial charge on any atom is 0.0587 e. The van der Waals surface area contributed by atoms with Gasteiger partial charge >= 0.3 is 0 Å². The van der Waals surface area contributed by atoms with E-state index in [1.54, 1.807) is 0 Å². The highest BCUT2D eigenvalue weighted by Gasteiger charge is 2.23. The molecule has 1 aromatic carbocycles. The van der Waals surface area contributed by atoms with E-state index in [9.17, 15) is 5.11 Å². The number of likely N-dealkylation sites (tertiary alicyclic amines) is 1. The summed E-state index contributed by atoms with van der Waals surface area (Å²) < 4.78 is 0.